The van der Waals surface area contributed by atoms with Crippen LogP contribution in [0.1, 0.15) is 26.7 Å². The van der Waals surface area contributed by atoms with Gasteiger partial charge in [-0.15, -0.1) is 0 Å². The fourth-order valence-corrected chi connectivity index (χ4v) is 2.34. The van der Waals surface area contributed by atoms with Crippen molar-refractivity contribution in [2.24, 2.45) is 0 Å². The number of esters is 1. The molecule has 0 amide bonds. The number of hydrogen-bond donors (Lipinski definition) is 0. The number of benzene rings is 1. The van der Waals surface area contributed by atoms with Crippen LogP contribution in [0.4, 0.5) is 22.0 Å². The van der Waals surface area contributed by atoms with Gasteiger partial charge in [0.1, 0.15) is 5.76 Å². The SMILES string of the molecule is CC(C)OC1=C(Cl)C=C(C(=O)Oc2c(F)c(F)c(F)c(F)c2F)CC1. The average molecular weight is 383 g/mol. The van der Waals surface area contributed by atoms with E-state index in [-0.39, 0.29) is 29.6 Å². The van der Waals surface area contributed by atoms with Crippen LogP contribution >= 0.6 is 11.6 Å². The lowest BCUT2D eigenvalue weighted by atomic mass is 10.0. The van der Waals surface area contributed by atoms with E-state index in [2.05, 4.69) is 4.74 Å². The molecule has 0 atom stereocenters. The van der Waals surface area contributed by atoms with Crippen LogP contribution in [0.5, 0.6) is 5.75 Å². The van der Waals surface area contributed by atoms with E-state index in [9.17, 15) is 26.7 Å². The minimum Gasteiger partial charge on any atom is -0.494 e. The van der Waals surface area contributed by atoms with Crippen LogP contribution in [0.2, 0.25) is 0 Å². The van der Waals surface area contributed by atoms with E-state index in [1.807, 2.05) is 0 Å². The van der Waals surface area contributed by atoms with Crippen LogP contribution in [-0.4, -0.2) is 12.1 Å². The van der Waals surface area contributed by atoms with Gasteiger partial charge in [0.2, 0.25) is 34.8 Å². The van der Waals surface area contributed by atoms with Crippen molar-refractivity contribution >= 4 is 17.6 Å². The molecule has 0 heterocycles. The van der Waals surface area contributed by atoms with E-state index < -0.39 is 40.8 Å². The van der Waals surface area contributed by atoms with Gasteiger partial charge >= 0.3 is 5.97 Å². The first-order chi connectivity index (χ1) is 11.6. The molecule has 3 nitrogen and oxygen atoms in total. The lowest BCUT2D eigenvalue weighted by molar-refractivity contribution is -0.130. The first-order valence-corrected chi connectivity index (χ1v) is 7.50. The number of allylic oxidation sites excluding steroid dienone is 3. The van der Waals surface area contributed by atoms with Gasteiger partial charge in [0, 0.05) is 12.0 Å². The summed E-state index contributed by atoms with van der Waals surface area (Å²) in [6.07, 6.45) is 1.29. The smallest absolute Gasteiger partial charge is 0.339 e. The third-order valence-electron chi connectivity index (χ3n) is 3.19. The van der Waals surface area contributed by atoms with Crippen LogP contribution in [-0.2, 0) is 9.53 Å². The fourth-order valence-electron chi connectivity index (χ4n) is 2.07. The minimum absolute atomic E-state index is 0.0620. The van der Waals surface area contributed by atoms with Crippen molar-refractivity contribution in [1.82, 2.24) is 0 Å². The highest BCUT2D eigenvalue weighted by Crippen LogP contribution is 2.32. The quantitative estimate of drug-likeness (QED) is 0.245. The van der Waals surface area contributed by atoms with Gasteiger partial charge in [-0.25, -0.2) is 18.0 Å². The molecule has 25 heavy (non-hydrogen) atoms. The molecule has 1 aromatic rings. The molecule has 0 spiro atoms. The molecule has 0 saturated heterocycles. The molecule has 0 unspecified atom stereocenters. The zero-order valence-electron chi connectivity index (χ0n) is 13.1. The van der Waals surface area contributed by atoms with E-state index in [4.69, 9.17) is 16.3 Å². The molecule has 0 saturated carbocycles. The fraction of sp³-hybridized carbons (Fsp3) is 0.312. The van der Waals surface area contributed by atoms with Gasteiger partial charge in [0.15, 0.2) is 0 Å². The zero-order valence-corrected chi connectivity index (χ0v) is 13.8. The number of halogens is 6. The molecule has 2 rings (SSSR count). The van der Waals surface area contributed by atoms with Crippen molar-refractivity contribution in [3.8, 4) is 5.75 Å². The van der Waals surface area contributed by atoms with E-state index in [0.29, 0.717) is 5.76 Å². The molecule has 0 radical (unpaired) electrons. The van der Waals surface area contributed by atoms with Crippen LogP contribution in [0, 0.1) is 29.1 Å². The van der Waals surface area contributed by atoms with E-state index in [0.717, 1.165) is 6.08 Å². The van der Waals surface area contributed by atoms with Gasteiger partial charge in [-0.2, -0.15) is 8.78 Å². The first-order valence-electron chi connectivity index (χ1n) is 7.13. The summed E-state index contributed by atoms with van der Waals surface area (Å²) in [6.45, 7) is 3.54. The maximum Gasteiger partial charge on any atom is 0.339 e. The summed E-state index contributed by atoms with van der Waals surface area (Å²) in [6, 6.07) is 0. The van der Waals surface area contributed by atoms with Crippen molar-refractivity contribution in [2.75, 3.05) is 0 Å². The monoisotopic (exact) mass is 382 g/mol. The summed E-state index contributed by atoms with van der Waals surface area (Å²) in [5.41, 5.74) is -0.0925. The molecule has 1 aromatic carbocycles. The Morgan fingerprint density at radius 2 is 1.52 bits per heavy atom. The molecule has 0 N–H and O–H groups in total. The Hall–Kier alpha value is -2.09. The van der Waals surface area contributed by atoms with Gasteiger partial charge in [-0.3, -0.25) is 0 Å². The number of carbonyl (C=O) groups excluding carboxylic acids is 1. The molecule has 0 fully saturated rings. The van der Waals surface area contributed by atoms with Crippen molar-refractivity contribution < 1.29 is 36.2 Å². The third-order valence-corrected chi connectivity index (χ3v) is 3.51. The average Bonchev–Trinajstić information content (AvgIpc) is 2.56. The molecule has 9 heteroatoms. The van der Waals surface area contributed by atoms with Crippen molar-refractivity contribution in [2.45, 2.75) is 32.8 Å². The Kier molecular flexibility index (Phi) is 5.72. The highest BCUT2D eigenvalue weighted by molar-refractivity contribution is 6.32. The first kappa shape index (κ1) is 19.2. The summed E-state index contributed by atoms with van der Waals surface area (Å²) in [5.74, 6) is -13.7. The Morgan fingerprint density at radius 1 is 1.00 bits per heavy atom. The summed E-state index contributed by atoms with van der Waals surface area (Å²) < 4.78 is 76.1. The van der Waals surface area contributed by atoms with Crippen molar-refractivity contribution in [3.05, 3.63) is 51.5 Å². The van der Waals surface area contributed by atoms with E-state index >= 15 is 0 Å². The number of ether oxygens (including phenoxy) is 2. The molecule has 0 bridgehead atoms. The summed E-state index contributed by atoms with van der Waals surface area (Å²) in [4.78, 5) is 12.0. The Labute approximate surface area is 144 Å². The van der Waals surface area contributed by atoms with Crippen LogP contribution in [0.15, 0.2) is 22.4 Å². The Morgan fingerprint density at radius 3 is 2.00 bits per heavy atom. The van der Waals surface area contributed by atoms with Crippen LogP contribution in [0.25, 0.3) is 0 Å². The zero-order chi connectivity index (χ0) is 18.9. The Balaban J connectivity index is 2.29. The van der Waals surface area contributed by atoms with Crippen LogP contribution < -0.4 is 4.74 Å². The topological polar surface area (TPSA) is 35.5 Å². The molecule has 0 aromatic heterocycles. The largest absolute Gasteiger partial charge is 0.494 e. The van der Waals surface area contributed by atoms with E-state index in [1.165, 1.54) is 0 Å². The minimum atomic E-state index is -2.34. The maximum atomic E-state index is 13.5. The second-order valence-electron chi connectivity index (χ2n) is 5.40. The molecular weight excluding hydrogens is 371 g/mol. The normalized spacial score (nSPS) is 14.7. The highest BCUT2D eigenvalue weighted by atomic mass is 35.5. The number of carbonyl (C=O) groups is 1. The molecule has 0 aliphatic heterocycles. The molecular formula is C16H12ClF5O3. The second-order valence-corrected chi connectivity index (χ2v) is 5.80. The summed E-state index contributed by atoms with van der Waals surface area (Å²) in [5, 5.41) is 0.0873. The van der Waals surface area contributed by atoms with Crippen molar-refractivity contribution in [3.63, 3.8) is 0 Å². The summed E-state index contributed by atoms with van der Waals surface area (Å²) in [7, 11) is 0. The molecule has 136 valence electrons. The van der Waals surface area contributed by atoms with Crippen LogP contribution in [0.3, 0.4) is 0 Å². The number of rotatable bonds is 4. The van der Waals surface area contributed by atoms with Gasteiger partial charge < -0.3 is 9.47 Å². The third kappa shape index (κ3) is 3.95. The second kappa shape index (κ2) is 7.43. The summed E-state index contributed by atoms with van der Waals surface area (Å²) >= 11 is 5.96. The van der Waals surface area contributed by atoms with Gasteiger partial charge in [0.25, 0.3) is 0 Å². The lowest BCUT2D eigenvalue weighted by Gasteiger charge is -2.19. The lowest BCUT2D eigenvalue weighted by Crippen LogP contribution is -2.17. The van der Waals surface area contributed by atoms with Crippen molar-refractivity contribution in [1.29, 1.82) is 0 Å². The molecule has 1 aliphatic carbocycles. The highest BCUT2D eigenvalue weighted by Gasteiger charge is 2.30. The molecule has 1 aliphatic rings. The van der Waals surface area contributed by atoms with Gasteiger partial charge in [-0.1, -0.05) is 11.6 Å². The van der Waals surface area contributed by atoms with Gasteiger partial charge in [0.05, 0.1) is 11.1 Å². The predicted molar refractivity (Wildman–Crippen MR) is 78.3 cm³/mol. The predicted octanol–water partition coefficient (Wildman–Crippen LogP) is 4.88. The Bertz CT molecular complexity index is 757. The number of hydrogen-bond acceptors (Lipinski definition) is 3. The van der Waals surface area contributed by atoms with E-state index in [1.54, 1.807) is 13.8 Å². The standard InChI is InChI=1S/C16H12ClF5O3/c1-6(2)24-9-4-3-7(5-8(9)17)16(23)25-15-13(21)11(19)10(18)12(20)14(15)22/h5-6H,3-4H2,1-2H3. The van der Waals surface area contributed by atoms with Gasteiger partial charge in [-0.05, 0) is 26.3 Å². The maximum absolute atomic E-state index is 13.5.